The Balaban J connectivity index is 2.12. The van der Waals surface area contributed by atoms with Gasteiger partial charge in [-0.3, -0.25) is 4.79 Å². The third kappa shape index (κ3) is 3.56. The molecular formula is C13H20N4O2. The Kier molecular flexibility index (Phi) is 4.19. The topological polar surface area (TPSA) is 78.4 Å². The van der Waals surface area contributed by atoms with Gasteiger partial charge in [-0.15, -0.1) is 0 Å². The van der Waals surface area contributed by atoms with E-state index in [4.69, 9.17) is 5.11 Å². The van der Waals surface area contributed by atoms with Crippen molar-refractivity contribution in [1.29, 1.82) is 0 Å². The summed E-state index contributed by atoms with van der Waals surface area (Å²) >= 11 is 0. The lowest BCUT2D eigenvalue weighted by atomic mass is 9.95. The number of carboxylic acids is 1. The highest BCUT2D eigenvalue weighted by Crippen LogP contribution is 2.25. The van der Waals surface area contributed by atoms with Crippen LogP contribution < -0.4 is 10.2 Å². The first kappa shape index (κ1) is 13.6. The Morgan fingerprint density at radius 2 is 2.37 bits per heavy atom. The van der Waals surface area contributed by atoms with E-state index in [1.54, 1.807) is 0 Å². The molecule has 2 heterocycles. The van der Waals surface area contributed by atoms with Crippen molar-refractivity contribution >= 4 is 17.6 Å². The predicted molar refractivity (Wildman–Crippen MR) is 73.5 cm³/mol. The lowest BCUT2D eigenvalue weighted by Crippen LogP contribution is -2.37. The average Bonchev–Trinajstić information content (AvgIpc) is 2.37. The second-order valence-electron chi connectivity index (χ2n) is 4.96. The van der Waals surface area contributed by atoms with Crippen molar-refractivity contribution in [2.24, 2.45) is 5.92 Å². The van der Waals surface area contributed by atoms with Crippen LogP contribution >= 0.6 is 0 Å². The first-order valence-corrected chi connectivity index (χ1v) is 6.58. The molecule has 19 heavy (non-hydrogen) atoms. The van der Waals surface area contributed by atoms with Gasteiger partial charge in [0.2, 0.25) is 0 Å². The van der Waals surface area contributed by atoms with Crippen molar-refractivity contribution in [2.75, 3.05) is 30.4 Å². The summed E-state index contributed by atoms with van der Waals surface area (Å²) in [6.07, 6.45) is 2.22. The molecule has 104 valence electrons. The normalized spacial score (nSPS) is 19.3. The second-order valence-corrected chi connectivity index (χ2v) is 4.96. The van der Waals surface area contributed by atoms with Gasteiger partial charge < -0.3 is 15.3 Å². The first-order valence-electron chi connectivity index (χ1n) is 6.58. The molecule has 1 saturated heterocycles. The molecule has 6 heteroatoms. The summed E-state index contributed by atoms with van der Waals surface area (Å²) in [7, 11) is 1.83. The number of aryl methyl sites for hydroxylation is 1. The minimum Gasteiger partial charge on any atom is -0.481 e. The molecular weight excluding hydrogens is 244 g/mol. The third-order valence-corrected chi connectivity index (χ3v) is 3.39. The highest BCUT2D eigenvalue weighted by Gasteiger charge is 2.23. The average molecular weight is 264 g/mol. The van der Waals surface area contributed by atoms with E-state index in [9.17, 15) is 4.79 Å². The van der Waals surface area contributed by atoms with Crippen molar-refractivity contribution in [2.45, 2.75) is 26.2 Å². The van der Waals surface area contributed by atoms with Crippen LogP contribution in [0.3, 0.4) is 0 Å². The van der Waals surface area contributed by atoms with E-state index < -0.39 is 5.97 Å². The van der Waals surface area contributed by atoms with E-state index in [-0.39, 0.29) is 12.3 Å². The number of carboxylic acid groups (broad SMARTS) is 1. The van der Waals surface area contributed by atoms with Gasteiger partial charge in [-0.25, -0.2) is 9.97 Å². The highest BCUT2D eigenvalue weighted by atomic mass is 16.4. The molecule has 0 saturated carbocycles. The second kappa shape index (κ2) is 5.86. The smallest absolute Gasteiger partial charge is 0.303 e. The number of hydrogen-bond acceptors (Lipinski definition) is 5. The standard InChI is InChI=1S/C13H20N4O2/c1-9-15-11(14-2)7-12(16-9)17-5-3-4-10(8-17)6-13(18)19/h7,10H,3-6,8H2,1-2H3,(H,18,19)(H,14,15,16). The zero-order chi connectivity index (χ0) is 13.8. The molecule has 1 aromatic heterocycles. The minimum atomic E-state index is -0.721. The Bertz CT molecular complexity index is 464. The largest absolute Gasteiger partial charge is 0.481 e. The molecule has 0 aliphatic carbocycles. The van der Waals surface area contributed by atoms with Crippen LogP contribution in [0.4, 0.5) is 11.6 Å². The molecule has 0 spiro atoms. The van der Waals surface area contributed by atoms with Gasteiger partial charge >= 0.3 is 5.97 Å². The summed E-state index contributed by atoms with van der Waals surface area (Å²) in [5.74, 6) is 1.89. The summed E-state index contributed by atoms with van der Waals surface area (Å²) < 4.78 is 0. The van der Waals surface area contributed by atoms with E-state index in [2.05, 4.69) is 20.2 Å². The minimum absolute atomic E-state index is 0.208. The maximum absolute atomic E-state index is 10.8. The molecule has 1 aromatic rings. The molecule has 1 unspecified atom stereocenters. The number of nitrogens with zero attached hydrogens (tertiary/aromatic N) is 3. The van der Waals surface area contributed by atoms with Crippen molar-refractivity contribution in [1.82, 2.24) is 9.97 Å². The molecule has 6 nitrogen and oxygen atoms in total. The lowest BCUT2D eigenvalue weighted by Gasteiger charge is -2.33. The Morgan fingerprint density at radius 3 is 3.05 bits per heavy atom. The van der Waals surface area contributed by atoms with Crippen LogP contribution in [-0.2, 0) is 4.79 Å². The fourth-order valence-corrected chi connectivity index (χ4v) is 2.53. The molecule has 0 bridgehead atoms. The van der Waals surface area contributed by atoms with Crippen molar-refractivity contribution in [3.63, 3.8) is 0 Å². The molecule has 0 aromatic carbocycles. The van der Waals surface area contributed by atoms with E-state index >= 15 is 0 Å². The van der Waals surface area contributed by atoms with Gasteiger partial charge in [0.1, 0.15) is 17.5 Å². The van der Waals surface area contributed by atoms with Crippen LogP contribution in [0, 0.1) is 12.8 Å². The van der Waals surface area contributed by atoms with Gasteiger partial charge in [0, 0.05) is 32.6 Å². The van der Waals surface area contributed by atoms with Crippen molar-refractivity contribution in [3.05, 3.63) is 11.9 Å². The first-order chi connectivity index (χ1) is 9.08. The maximum atomic E-state index is 10.8. The van der Waals surface area contributed by atoms with Gasteiger partial charge in [0.15, 0.2) is 0 Å². The van der Waals surface area contributed by atoms with E-state index in [0.29, 0.717) is 0 Å². The van der Waals surface area contributed by atoms with Crippen LogP contribution in [0.5, 0.6) is 0 Å². The molecule has 1 aliphatic heterocycles. The molecule has 1 aliphatic rings. The Hall–Kier alpha value is -1.85. The number of aliphatic carboxylic acids is 1. The summed E-state index contributed by atoms with van der Waals surface area (Å²) in [4.78, 5) is 21.7. The number of rotatable bonds is 4. The van der Waals surface area contributed by atoms with Crippen LogP contribution in [0.15, 0.2) is 6.07 Å². The van der Waals surface area contributed by atoms with Crippen LogP contribution in [0.25, 0.3) is 0 Å². The van der Waals surface area contributed by atoms with Crippen molar-refractivity contribution in [3.8, 4) is 0 Å². The SMILES string of the molecule is CNc1cc(N2CCCC(CC(=O)O)C2)nc(C)n1. The summed E-state index contributed by atoms with van der Waals surface area (Å²) in [5.41, 5.74) is 0. The van der Waals surface area contributed by atoms with Crippen LogP contribution in [-0.4, -0.2) is 41.2 Å². The molecule has 2 rings (SSSR count). The number of aromatic nitrogens is 2. The van der Waals surface area contributed by atoms with Gasteiger partial charge in [-0.05, 0) is 25.7 Å². The number of anilines is 2. The summed E-state index contributed by atoms with van der Waals surface area (Å²) in [6.45, 7) is 3.55. The molecule has 0 amide bonds. The van der Waals surface area contributed by atoms with Gasteiger partial charge in [0.05, 0.1) is 0 Å². The maximum Gasteiger partial charge on any atom is 0.303 e. The quantitative estimate of drug-likeness (QED) is 0.858. The van der Waals surface area contributed by atoms with Gasteiger partial charge in [-0.1, -0.05) is 0 Å². The van der Waals surface area contributed by atoms with E-state index in [1.807, 2.05) is 20.0 Å². The molecule has 1 fully saturated rings. The monoisotopic (exact) mass is 264 g/mol. The highest BCUT2D eigenvalue weighted by molar-refractivity contribution is 5.67. The zero-order valence-corrected chi connectivity index (χ0v) is 11.4. The van der Waals surface area contributed by atoms with Crippen LogP contribution in [0.2, 0.25) is 0 Å². The van der Waals surface area contributed by atoms with Gasteiger partial charge in [-0.2, -0.15) is 0 Å². The number of nitrogens with one attached hydrogen (secondary N) is 1. The fourth-order valence-electron chi connectivity index (χ4n) is 2.53. The fraction of sp³-hybridized carbons (Fsp3) is 0.615. The van der Waals surface area contributed by atoms with Gasteiger partial charge in [0.25, 0.3) is 0 Å². The summed E-state index contributed by atoms with van der Waals surface area (Å²) in [6, 6.07) is 1.91. The lowest BCUT2D eigenvalue weighted by molar-refractivity contribution is -0.138. The number of carbonyl (C=O) groups is 1. The Labute approximate surface area is 112 Å². The van der Waals surface area contributed by atoms with Crippen LogP contribution in [0.1, 0.15) is 25.1 Å². The molecule has 2 N–H and O–H groups in total. The van der Waals surface area contributed by atoms with E-state index in [0.717, 1.165) is 43.4 Å². The number of hydrogen-bond donors (Lipinski definition) is 2. The molecule has 0 radical (unpaired) electrons. The Morgan fingerprint density at radius 1 is 1.58 bits per heavy atom. The third-order valence-electron chi connectivity index (χ3n) is 3.39. The predicted octanol–water partition coefficient (Wildman–Crippen LogP) is 1.52. The molecule has 1 atom stereocenters. The number of piperidine rings is 1. The van der Waals surface area contributed by atoms with E-state index in [1.165, 1.54) is 0 Å². The summed E-state index contributed by atoms with van der Waals surface area (Å²) in [5, 5.41) is 11.9. The zero-order valence-electron chi connectivity index (χ0n) is 11.4. The van der Waals surface area contributed by atoms with Crippen molar-refractivity contribution < 1.29 is 9.90 Å².